The number of carbonyl (C=O) groups excluding carboxylic acids is 1. The van der Waals surface area contributed by atoms with Gasteiger partial charge in [-0.2, -0.15) is 0 Å². The number of nitrogens with one attached hydrogen (secondary N) is 1. The first-order chi connectivity index (χ1) is 14.7. The minimum absolute atomic E-state index is 0.0641. The van der Waals surface area contributed by atoms with E-state index in [1.807, 2.05) is 19.1 Å². The number of aryl methyl sites for hydroxylation is 2. The van der Waals surface area contributed by atoms with Crippen molar-refractivity contribution >= 4 is 11.6 Å². The molecule has 0 unspecified atom stereocenters. The van der Waals surface area contributed by atoms with Gasteiger partial charge in [-0.1, -0.05) is 12.1 Å². The Balaban J connectivity index is 1.30. The third kappa shape index (κ3) is 3.79. The van der Waals surface area contributed by atoms with Gasteiger partial charge in [-0.05, 0) is 86.5 Å². The summed E-state index contributed by atoms with van der Waals surface area (Å²) in [5.41, 5.74) is 4.93. The number of benzene rings is 2. The predicted octanol–water partition coefficient (Wildman–Crippen LogP) is 4.50. The molecule has 1 aliphatic carbocycles. The maximum atomic E-state index is 13.1. The minimum atomic E-state index is -0.193. The molecule has 0 spiro atoms. The molecule has 5 nitrogen and oxygen atoms in total. The Morgan fingerprint density at radius 3 is 2.73 bits per heavy atom. The number of nitrogens with zero attached hydrogens (tertiary/aromatic N) is 1. The summed E-state index contributed by atoms with van der Waals surface area (Å²) in [6.45, 7) is 4.33. The van der Waals surface area contributed by atoms with Crippen LogP contribution in [0.15, 0.2) is 36.4 Å². The van der Waals surface area contributed by atoms with Crippen LogP contribution < -0.4 is 14.8 Å². The van der Waals surface area contributed by atoms with Crippen LogP contribution in [0.25, 0.3) is 0 Å². The normalized spacial score (nSPS) is 21.7. The molecular formula is C25H30N2O3. The molecular weight excluding hydrogens is 376 g/mol. The average Bonchev–Trinajstić information content (AvgIpc) is 3.37. The van der Waals surface area contributed by atoms with Gasteiger partial charge in [0, 0.05) is 18.2 Å². The standard InChI is InChI=1S/C25H30N2O3/c1-17(25(28)26-21-10-8-18-5-2-6-19(18)15-21)27-12-3-7-22(27)20-9-11-23-24(16-20)30-14-4-13-29-23/h8-11,15-17,22H,2-7,12-14H2,1H3,(H,26,28)/t17-,22+/m1/s1. The lowest BCUT2D eigenvalue weighted by atomic mass is 10.0. The fourth-order valence-electron chi connectivity index (χ4n) is 5.04. The molecule has 2 aliphatic heterocycles. The molecule has 1 N–H and O–H groups in total. The quantitative estimate of drug-likeness (QED) is 0.812. The molecule has 3 aliphatic rings. The largest absolute Gasteiger partial charge is 0.490 e. The van der Waals surface area contributed by atoms with E-state index in [0.717, 1.165) is 55.8 Å². The summed E-state index contributed by atoms with van der Waals surface area (Å²) in [5, 5.41) is 3.15. The Morgan fingerprint density at radius 2 is 1.83 bits per heavy atom. The number of likely N-dealkylation sites (tertiary alicyclic amines) is 1. The Kier molecular flexibility index (Phi) is 5.38. The smallest absolute Gasteiger partial charge is 0.241 e. The Bertz CT molecular complexity index is 942. The van der Waals surface area contributed by atoms with Crippen molar-refractivity contribution < 1.29 is 14.3 Å². The van der Waals surface area contributed by atoms with Crippen molar-refractivity contribution in [1.82, 2.24) is 4.90 Å². The van der Waals surface area contributed by atoms with Gasteiger partial charge in [0.15, 0.2) is 11.5 Å². The summed E-state index contributed by atoms with van der Waals surface area (Å²) in [6, 6.07) is 12.6. The fourth-order valence-corrected chi connectivity index (χ4v) is 5.04. The third-order valence-corrected chi connectivity index (χ3v) is 6.69. The maximum absolute atomic E-state index is 13.1. The van der Waals surface area contributed by atoms with E-state index in [4.69, 9.17) is 9.47 Å². The van der Waals surface area contributed by atoms with E-state index in [0.29, 0.717) is 13.2 Å². The summed E-state index contributed by atoms with van der Waals surface area (Å²) in [7, 11) is 0. The van der Waals surface area contributed by atoms with Crippen molar-refractivity contribution in [3.63, 3.8) is 0 Å². The molecule has 0 aromatic heterocycles. The van der Waals surface area contributed by atoms with E-state index in [1.165, 1.54) is 23.1 Å². The summed E-state index contributed by atoms with van der Waals surface area (Å²) in [5.74, 6) is 1.71. The van der Waals surface area contributed by atoms with Crippen LogP contribution >= 0.6 is 0 Å². The highest BCUT2D eigenvalue weighted by atomic mass is 16.5. The molecule has 1 saturated heterocycles. The predicted molar refractivity (Wildman–Crippen MR) is 117 cm³/mol. The van der Waals surface area contributed by atoms with Crippen molar-refractivity contribution in [2.24, 2.45) is 0 Å². The van der Waals surface area contributed by atoms with E-state index in [2.05, 4.69) is 34.5 Å². The first-order valence-corrected chi connectivity index (χ1v) is 11.3. The van der Waals surface area contributed by atoms with Gasteiger partial charge in [-0.15, -0.1) is 0 Å². The lowest BCUT2D eigenvalue weighted by Crippen LogP contribution is -2.41. The lowest BCUT2D eigenvalue weighted by Gasteiger charge is -2.30. The lowest BCUT2D eigenvalue weighted by molar-refractivity contribution is -0.121. The minimum Gasteiger partial charge on any atom is -0.490 e. The number of rotatable bonds is 4. The average molecular weight is 407 g/mol. The highest BCUT2D eigenvalue weighted by Gasteiger charge is 2.33. The van der Waals surface area contributed by atoms with E-state index in [-0.39, 0.29) is 18.0 Å². The SMILES string of the molecule is C[C@H](C(=O)Nc1ccc2c(c1)CCC2)N1CCC[C@H]1c1ccc2c(c1)OCCCO2. The first kappa shape index (κ1) is 19.4. The van der Waals surface area contributed by atoms with E-state index >= 15 is 0 Å². The van der Waals surface area contributed by atoms with Gasteiger partial charge in [0.2, 0.25) is 5.91 Å². The number of carbonyl (C=O) groups is 1. The highest BCUT2D eigenvalue weighted by molar-refractivity contribution is 5.94. The zero-order valence-electron chi connectivity index (χ0n) is 17.7. The van der Waals surface area contributed by atoms with Crippen LogP contribution in [0.1, 0.15) is 55.3 Å². The number of hydrogen-bond acceptors (Lipinski definition) is 4. The fraction of sp³-hybridized carbons (Fsp3) is 0.480. The molecule has 158 valence electrons. The van der Waals surface area contributed by atoms with Crippen LogP contribution in [0, 0.1) is 0 Å². The number of fused-ring (bicyclic) bond motifs is 2. The summed E-state index contributed by atoms with van der Waals surface area (Å²) >= 11 is 0. The number of amides is 1. The van der Waals surface area contributed by atoms with Crippen LogP contribution in [0.3, 0.4) is 0 Å². The molecule has 30 heavy (non-hydrogen) atoms. The number of ether oxygens (including phenoxy) is 2. The summed E-state index contributed by atoms with van der Waals surface area (Å²) in [4.78, 5) is 15.4. The van der Waals surface area contributed by atoms with E-state index in [1.54, 1.807) is 0 Å². The zero-order valence-corrected chi connectivity index (χ0v) is 17.7. The Labute approximate surface area is 178 Å². The third-order valence-electron chi connectivity index (χ3n) is 6.69. The van der Waals surface area contributed by atoms with Crippen molar-refractivity contribution in [2.75, 3.05) is 25.1 Å². The molecule has 2 aromatic rings. The second-order valence-electron chi connectivity index (χ2n) is 8.65. The van der Waals surface area contributed by atoms with Crippen LogP contribution in [0.5, 0.6) is 11.5 Å². The number of hydrogen-bond donors (Lipinski definition) is 1. The van der Waals surface area contributed by atoms with Gasteiger partial charge in [-0.3, -0.25) is 9.69 Å². The van der Waals surface area contributed by atoms with Gasteiger partial charge >= 0.3 is 0 Å². The second kappa shape index (κ2) is 8.31. The van der Waals surface area contributed by atoms with Crippen LogP contribution in [0.2, 0.25) is 0 Å². The molecule has 2 aromatic carbocycles. The van der Waals surface area contributed by atoms with Crippen molar-refractivity contribution in [3.8, 4) is 11.5 Å². The van der Waals surface area contributed by atoms with E-state index in [9.17, 15) is 4.79 Å². The molecule has 0 saturated carbocycles. The molecule has 0 bridgehead atoms. The number of anilines is 1. The van der Waals surface area contributed by atoms with E-state index < -0.39 is 0 Å². The molecule has 5 rings (SSSR count). The molecule has 5 heteroatoms. The van der Waals surface area contributed by atoms with Gasteiger partial charge in [0.25, 0.3) is 0 Å². The van der Waals surface area contributed by atoms with Crippen LogP contribution in [-0.4, -0.2) is 36.6 Å². The monoisotopic (exact) mass is 406 g/mol. The molecule has 2 heterocycles. The molecule has 2 atom stereocenters. The summed E-state index contributed by atoms with van der Waals surface area (Å²) < 4.78 is 11.7. The topological polar surface area (TPSA) is 50.8 Å². The summed E-state index contributed by atoms with van der Waals surface area (Å²) in [6.07, 6.45) is 6.54. The van der Waals surface area contributed by atoms with Crippen molar-refractivity contribution in [2.45, 2.75) is 57.5 Å². The van der Waals surface area contributed by atoms with Crippen LogP contribution in [0.4, 0.5) is 5.69 Å². The van der Waals surface area contributed by atoms with Gasteiger partial charge in [0.1, 0.15) is 0 Å². The maximum Gasteiger partial charge on any atom is 0.241 e. The van der Waals surface area contributed by atoms with Gasteiger partial charge < -0.3 is 14.8 Å². The molecule has 1 amide bonds. The van der Waals surface area contributed by atoms with Crippen molar-refractivity contribution in [1.29, 1.82) is 0 Å². The van der Waals surface area contributed by atoms with Crippen LogP contribution in [-0.2, 0) is 17.6 Å². The molecule has 0 radical (unpaired) electrons. The van der Waals surface area contributed by atoms with Crippen molar-refractivity contribution in [3.05, 3.63) is 53.1 Å². The Hall–Kier alpha value is -2.53. The first-order valence-electron chi connectivity index (χ1n) is 11.3. The zero-order chi connectivity index (χ0) is 20.5. The van der Waals surface area contributed by atoms with Gasteiger partial charge in [0.05, 0.1) is 19.3 Å². The van der Waals surface area contributed by atoms with Gasteiger partial charge in [-0.25, -0.2) is 0 Å². The second-order valence-corrected chi connectivity index (χ2v) is 8.65. The Morgan fingerprint density at radius 1 is 1.00 bits per heavy atom. The molecule has 1 fully saturated rings. The highest BCUT2D eigenvalue weighted by Crippen LogP contribution is 2.39.